The van der Waals surface area contributed by atoms with Crippen LogP contribution in [0.4, 0.5) is 0 Å². The van der Waals surface area contributed by atoms with E-state index in [1.54, 1.807) is 0 Å². The van der Waals surface area contributed by atoms with Crippen LogP contribution in [0.1, 0.15) is 31.7 Å². The van der Waals surface area contributed by atoms with Crippen molar-refractivity contribution in [1.29, 1.82) is 0 Å². The van der Waals surface area contributed by atoms with Crippen LogP contribution in [0.3, 0.4) is 0 Å². The number of halogens is 1. The first-order valence-corrected chi connectivity index (χ1v) is 6.73. The first kappa shape index (κ1) is 13.7. The van der Waals surface area contributed by atoms with Gasteiger partial charge in [0.15, 0.2) is 0 Å². The van der Waals surface area contributed by atoms with Gasteiger partial charge in [-0.25, -0.2) is 0 Å². The number of hydrogen-bond acceptors (Lipinski definition) is 3. The molecular weight excluding hydrogens is 250 g/mol. The predicted molar refractivity (Wildman–Crippen MR) is 73.1 cm³/mol. The van der Waals surface area contributed by atoms with Crippen molar-refractivity contribution < 1.29 is 9.84 Å². The zero-order valence-electron chi connectivity index (χ0n) is 10.9. The third kappa shape index (κ3) is 2.97. The highest BCUT2D eigenvalue weighted by Crippen LogP contribution is 2.35. The molecule has 1 aromatic rings. The van der Waals surface area contributed by atoms with Crippen molar-refractivity contribution in [2.24, 2.45) is 0 Å². The molecule has 100 valence electrons. The molecule has 3 nitrogen and oxygen atoms in total. The van der Waals surface area contributed by atoms with Gasteiger partial charge in [-0.05, 0) is 50.9 Å². The van der Waals surface area contributed by atoms with E-state index in [1.165, 1.54) is 0 Å². The second-order valence-corrected chi connectivity index (χ2v) is 5.56. The van der Waals surface area contributed by atoms with E-state index in [4.69, 9.17) is 16.3 Å². The number of benzene rings is 1. The average Bonchev–Trinajstić information content (AvgIpc) is 2.62. The Morgan fingerprint density at radius 2 is 2.33 bits per heavy atom. The second kappa shape index (κ2) is 5.47. The molecule has 2 unspecified atom stereocenters. The Morgan fingerprint density at radius 3 is 2.89 bits per heavy atom. The van der Waals surface area contributed by atoms with Crippen LogP contribution in [0.5, 0.6) is 5.75 Å². The molecule has 2 atom stereocenters. The maximum Gasteiger partial charge on any atom is 0.138 e. The van der Waals surface area contributed by atoms with Gasteiger partial charge in [-0.2, -0.15) is 0 Å². The number of aliphatic hydroxyl groups is 1. The molecule has 2 N–H and O–H groups in total. The van der Waals surface area contributed by atoms with Crippen molar-refractivity contribution in [3.05, 3.63) is 28.8 Å². The maximum atomic E-state index is 10.2. The van der Waals surface area contributed by atoms with Gasteiger partial charge in [-0.1, -0.05) is 17.7 Å². The molecule has 1 aliphatic rings. The monoisotopic (exact) mass is 269 g/mol. The molecule has 2 rings (SSSR count). The Hall–Kier alpha value is -0.770. The number of hydrogen-bond donors (Lipinski definition) is 2. The molecule has 4 heteroatoms. The minimum absolute atomic E-state index is 0.162. The molecule has 18 heavy (non-hydrogen) atoms. The summed E-state index contributed by atoms with van der Waals surface area (Å²) in [5.41, 5.74) is 0.375. The fourth-order valence-corrected chi connectivity index (χ4v) is 2.66. The highest BCUT2D eigenvalue weighted by atomic mass is 35.5. The lowest BCUT2D eigenvalue weighted by molar-refractivity contribution is -0.0251. The molecule has 0 heterocycles. The summed E-state index contributed by atoms with van der Waals surface area (Å²) in [6.45, 7) is 2.61. The smallest absolute Gasteiger partial charge is 0.138 e. The molecule has 0 aromatic heterocycles. The standard InChI is InChI=1S/C14H20ClNO2/c1-14(17)7-3-4-13(14)18-12-6-5-10(9-16-2)8-11(12)15/h5-6,8,13,16-17H,3-4,7,9H2,1-2H3. The van der Waals surface area contributed by atoms with Gasteiger partial charge >= 0.3 is 0 Å². The van der Waals surface area contributed by atoms with Crippen LogP contribution in [-0.2, 0) is 6.54 Å². The van der Waals surface area contributed by atoms with E-state index in [1.807, 2.05) is 32.2 Å². The van der Waals surface area contributed by atoms with Crippen molar-refractivity contribution >= 4 is 11.6 Å². The summed E-state index contributed by atoms with van der Waals surface area (Å²) in [6.07, 6.45) is 2.49. The Labute approximate surface area is 113 Å². The summed E-state index contributed by atoms with van der Waals surface area (Å²) in [5.74, 6) is 0.656. The lowest BCUT2D eigenvalue weighted by Gasteiger charge is -2.26. The van der Waals surface area contributed by atoms with Gasteiger partial charge in [0.1, 0.15) is 11.9 Å². The summed E-state index contributed by atoms with van der Waals surface area (Å²) < 4.78 is 5.85. The van der Waals surface area contributed by atoms with E-state index in [9.17, 15) is 5.11 Å². The predicted octanol–water partition coefficient (Wildman–Crippen LogP) is 2.74. The molecule has 0 radical (unpaired) electrons. The van der Waals surface area contributed by atoms with Gasteiger partial charge in [-0.15, -0.1) is 0 Å². The van der Waals surface area contributed by atoms with Crippen molar-refractivity contribution in [2.75, 3.05) is 7.05 Å². The summed E-state index contributed by atoms with van der Waals surface area (Å²) in [4.78, 5) is 0. The van der Waals surface area contributed by atoms with E-state index in [0.29, 0.717) is 10.8 Å². The molecule has 1 saturated carbocycles. The van der Waals surface area contributed by atoms with Gasteiger partial charge < -0.3 is 15.2 Å². The summed E-state index contributed by atoms with van der Waals surface area (Å²) in [7, 11) is 1.90. The Bertz CT molecular complexity index is 420. The lowest BCUT2D eigenvalue weighted by Crippen LogP contribution is -2.37. The summed E-state index contributed by atoms with van der Waals surface area (Å²) in [5, 5.41) is 13.8. The van der Waals surface area contributed by atoms with Gasteiger partial charge in [0.2, 0.25) is 0 Å². The second-order valence-electron chi connectivity index (χ2n) is 5.15. The van der Waals surface area contributed by atoms with Crippen molar-refractivity contribution in [1.82, 2.24) is 5.32 Å². The number of rotatable bonds is 4. The summed E-state index contributed by atoms with van der Waals surface area (Å²) >= 11 is 6.20. The van der Waals surface area contributed by atoms with E-state index in [0.717, 1.165) is 31.4 Å². The zero-order chi connectivity index (χ0) is 13.2. The first-order valence-electron chi connectivity index (χ1n) is 6.35. The lowest BCUT2D eigenvalue weighted by atomic mass is 10.0. The highest BCUT2D eigenvalue weighted by Gasteiger charge is 2.38. The van der Waals surface area contributed by atoms with E-state index in [-0.39, 0.29) is 6.10 Å². The van der Waals surface area contributed by atoms with Crippen LogP contribution in [0.2, 0.25) is 5.02 Å². The Kier molecular flexibility index (Phi) is 4.15. The third-order valence-corrected chi connectivity index (χ3v) is 3.78. The molecule has 0 bridgehead atoms. The molecule has 0 amide bonds. The van der Waals surface area contributed by atoms with Crippen LogP contribution < -0.4 is 10.1 Å². The minimum Gasteiger partial charge on any atom is -0.486 e. The van der Waals surface area contributed by atoms with E-state index < -0.39 is 5.60 Å². The molecule has 0 aliphatic heterocycles. The Morgan fingerprint density at radius 1 is 1.56 bits per heavy atom. The van der Waals surface area contributed by atoms with Crippen molar-refractivity contribution in [3.63, 3.8) is 0 Å². The average molecular weight is 270 g/mol. The number of nitrogens with one attached hydrogen (secondary N) is 1. The van der Waals surface area contributed by atoms with Crippen molar-refractivity contribution in [3.8, 4) is 5.75 Å². The highest BCUT2D eigenvalue weighted by molar-refractivity contribution is 6.32. The molecule has 1 aliphatic carbocycles. The molecular formula is C14H20ClNO2. The quantitative estimate of drug-likeness (QED) is 0.883. The fraction of sp³-hybridized carbons (Fsp3) is 0.571. The first-order chi connectivity index (χ1) is 8.53. The SMILES string of the molecule is CNCc1ccc(OC2CCCC2(C)O)c(Cl)c1. The largest absolute Gasteiger partial charge is 0.486 e. The molecule has 1 aromatic carbocycles. The zero-order valence-corrected chi connectivity index (χ0v) is 11.6. The van der Waals surface area contributed by atoms with Crippen LogP contribution in [-0.4, -0.2) is 23.9 Å². The van der Waals surface area contributed by atoms with Crippen molar-refractivity contribution in [2.45, 2.75) is 44.4 Å². The van der Waals surface area contributed by atoms with Crippen LogP contribution in [0.15, 0.2) is 18.2 Å². The third-order valence-electron chi connectivity index (χ3n) is 3.49. The molecule has 1 fully saturated rings. The van der Waals surface area contributed by atoms with Gasteiger partial charge in [-0.3, -0.25) is 0 Å². The summed E-state index contributed by atoms with van der Waals surface area (Å²) in [6, 6.07) is 5.77. The van der Waals surface area contributed by atoms with Crippen LogP contribution in [0.25, 0.3) is 0 Å². The fourth-order valence-electron chi connectivity index (χ4n) is 2.41. The van der Waals surface area contributed by atoms with Crippen LogP contribution >= 0.6 is 11.6 Å². The maximum absolute atomic E-state index is 10.2. The normalized spacial score (nSPS) is 27.4. The van der Waals surface area contributed by atoms with Gasteiger partial charge in [0.25, 0.3) is 0 Å². The molecule has 0 saturated heterocycles. The topological polar surface area (TPSA) is 41.5 Å². The van der Waals surface area contributed by atoms with E-state index >= 15 is 0 Å². The van der Waals surface area contributed by atoms with Gasteiger partial charge in [0, 0.05) is 6.54 Å². The van der Waals surface area contributed by atoms with E-state index in [2.05, 4.69) is 5.32 Å². The molecule has 0 spiro atoms. The Balaban J connectivity index is 2.10. The van der Waals surface area contributed by atoms with Gasteiger partial charge in [0.05, 0.1) is 10.6 Å². The minimum atomic E-state index is -0.743. The van der Waals surface area contributed by atoms with Crippen LogP contribution in [0, 0.1) is 0 Å². The number of ether oxygens (including phenoxy) is 1.